The van der Waals surface area contributed by atoms with E-state index in [1.807, 2.05) is 71.3 Å². The molecule has 3 rings (SSSR count). The first-order valence-electron chi connectivity index (χ1n) is 10.1. The fourth-order valence-corrected chi connectivity index (χ4v) is 2.84. The Morgan fingerprint density at radius 3 is 2.33 bits per heavy atom. The number of hydrogen-bond acceptors (Lipinski definition) is 6. The Balaban J connectivity index is 0.000000222. The maximum absolute atomic E-state index is 11.5. The smallest absolute Gasteiger partial charge is 0.410 e. The van der Waals surface area contributed by atoms with Crippen LogP contribution in [0, 0.1) is 6.92 Å². The fourth-order valence-electron chi connectivity index (χ4n) is 2.84. The van der Waals surface area contributed by atoms with Crippen molar-refractivity contribution in [3.05, 3.63) is 42.2 Å². The summed E-state index contributed by atoms with van der Waals surface area (Å²) in [5, 5.41) is 3.19. The maximum Gasteiger partial charge on any atom is 0.410 e. The lowest BCUT2D eigenvalue weighted by molar-refractivity contribution is -0.00677. The second-order valence-electron chi connectivity index (χ2n) is 7.93. The second kappa shape index (κ2) is 10.8. The molecule has 0 unspecified atom stereocenters. The van der Waals surface area contributed by atoms with Gasteiger partial charge in [-0.05, 0) is 51.5 Å². The molecule has 0 radical (unpaired) electrons. The zero-order valence-corrected chi connectivity index (χ0v) is 18.8. The highest BCUT2D eigenvalue weighted by molar-refractivity contribution is 5.77. The van der Waals surface area contributed by atoms with E-state index in [-0.39, 0.29) is 6.09 Å². The van der Waals surface area contributed by atoms with Crippen LogP contribution in [0.3, 0.4) is 0 Å². The van der Waals surface area contributed by atoms with E-state index in [0.29, 0.717) is 26.3 Å². The third kappa shape index (κ3) is 7.22. The summed E-state index contributed by atoms with van der Waals surface area (Å²) in [6.45, 7) is 10.1. The van der Waals surface area contributed by atoms with E-state index >= 15 is 0 Å². The van der Waals surface area contributed by atoms with E-state index in [1.54, 1.807) is 12.0 Å². The number of nitrogens with zero attached hydrogens (tertiary/aromatic N) is 2. The number of methoxy groups -OCH3 is 1. The summed E-state index contributed by atoms with van der Waals surface area (Å²) in [4.78, 5) is 17.5. The number of carbonyl (C=O) groups excluding carboxylic acids is 1. The molecule has 2 heterocycles. The largest absolute Gasteiger partial charge is 0.497 e. The summed E-state index contributed by atoms with van der Waals surface area (Å²) >= 11 is 0. The second-order valence-corrected chi connectivity index (χ2v) is 7.93. The molecule has 7 heteroatoms. The van der Waals surface area contributed by atoms with Gasteiger partial charge in [-0.25, -0.2) is 4.79 Å². The van der Waals surface area contributed by atoms with Crippen molar-refractivity contribution in [1.29, 1.82) is 0 Å². The number of aromatic nitrogens is 1. The highest BCUT2D eigenvalue weighted by atomic mass is 16.6. The first kappa shape index (κ1) is 23.5. The van der Waals surface area contributed by atoms with E-state index in [2.05, 4.69) is 10.3 Å². The monoisotopic (exact) mass is 415 g/mol. The normalized spacial score (nSPS) is 13.7. The Bertz CT molecular complexity index is 810. The lowest BCUT2D eigenvalue weighted by Crippen LogP contribution is -2.43. The minimum atomic E-state index is -0.407. The van der Waals surface area contributed by atoms with Crippen molar-refractivity contribution in [2.75, 3.05) is 45.8 Å². The molecule has 7 nitrogen and oxygen atoms in total. The van der Waals surface area contributed by atoms with Crippen molar-refractivity contribution in [2.24, 2.45) is 0 Å². The van der Waals surface area contributed by atoms with Gasteiger partial charge in [-0.1, -0.05) is 12.1 Å². The average Bonchev–Trinajstić information content (AvgIpc) is 2.73. The van der Waals surface area contributed by atoms with Crippen molar-refractivity contribution in [2.45, 2.75) is 33.3 Å². The maximum atomic E-state index is 11.5. The minimum Gasteiger partial charge on any atom is -0.497 e. The third-order valence-electron chi connectivity index (χ3n) is 4.37. The highest BCUT2D eigenvalue weighted by Gasteiger charge is 2.23. The number of nitrogens with one attached hydrogen (secondary N) is 1. The van der Waals surface area contributed by atoms with Crippen LogP contribution in [0.2, 0.25) is 0 Å². The molecule has 0 saturated carbocycles. The van der Waals surface area contributed by atoms with Gasteiger partial charge in [0.1, 0.15) is 11.4 Å². The van der Waals surface area contributed by atoms with Crippen molar-refractivity contribution < 1.29 is 19.0 Å². The first-order chi connectivity index (χ1) is 14.2. The van der Waals surface area contributed by atoms with Gasteiger partial charge in [0.15, 0.2) is 0 Å². The summed E-state index contributed by atoms with van der Waals surface area (Å²) < 4.78 is 15.5. The number of hydrogen-bond donors (Lipinski definition) is 1. The van der Waals surface area contributed by atoms with Crippen molar-refractivity contribution in [3.63, 3.8) is 0 Å². The third-order valence-corrected chi connectivity index (χ3v) is 4.37. The topological polar surface area (TPSA) is 72.9 Å². The lowest BCUT2D eigenvalue weighted by atomic mass is 10.1. The molecule has 0 bridgehead atoms. The molecule has 0 spiro atoms. The Hall–Kier alpha value is -2.80. The summed E-state index contributed by atoms with van der Waals surface area (Å²) in [7, 11) is 3.59. The fraction of sp³-hybridized carbons (Fsp3) is 0.478. The molecular weight excluding hydrogens is 382 g/mol. The molecule has 2 aromatic rings. The molecule has 1 fully saturated rings. The summed E-state index contributed by atoms with van der Waals surface area (Å²) in [6, 6.07) is 10.0. The van der Waals surface area contributed by atoms with E-state index in [1.165, 1.54) is 0 Å². The molecule has 164 valence electrons. The molecule has 30 heavy (non-hydrogen) atoms. The van der Waals surface area contributed by atoms with E-state index in [0.717, 1.165) is 28.3 Å². The SMILES string of the molecule is CC(C)(C)OC(=O)N1CCOCC1.CNc1cc(C)ncc1-c1ccc(OC)cc1. The number of pyridine rings is 1. The van der Waals surface area contributed by atoms with Crippen molar-refractivity contribution in [3.8, 4) is 16.9 Å². The van der Waals surface area contributed by atoms with Crippen LogP contribution in [0.5, 0.6) is 5.75 Å². The molecule has 1 aromatic heterocycles. The van der Waals surface area contributed by atoms with Crippen LogP contribution in [0.4, 0.5) is 10.5 Å². The quantitative estimate of drug-likeness (QED) is 0.803. The van der Waals surface area contributed by atoms with Gasteiger partial charge in [0, 0.05) is 43.3 Å². The number of rotatable bonds is 3. The molecule has 0 aliphatic carbocycles. The van der Waals surface area contributed by atoms with Crippen LogP contribution in [0.25, 0.3) is 11.1 Å². The molecule has 0 atom stereocenters. The molecule has 1 aromatic carbocycles. The van der Waals surface area contributed by atoms with Crippen LogP contribution in [-0.4, -0.2) is 62.0 Å². The zero-order valence-electron chi connectivity index (χ0n) is 18.8. The Labute approximate surface area is 179 Å². The number of morpholine rings is 1. The van der Waals surface area contributed by atoms with Gasteiger partial charge >= 0.3 is 6.09 Å². The summed E-state index contributed by atoms with van der Waals surface area (Å²) in [6.07, 6.45) is 1.65. The minimum absolute atomic E-state index is 0.240. The lowest BCUT2D eigenvalue weighted by Gasteiger charge is -2.29. The first-order valence-corrected chi connectivity index (χ1v) is 10.1. The number of carbonyl (C=O) groups is 1. The van der Waals surface area contributed by atoms with Crippen LogP contribution in [0.15, 0.2) is 36.5 Å². The molecule has 1 aliphatic heterocycles. The van der Waals surface area contributed by atoms with Gasteiger partial charge < -0.3 is 24.4 Å². The van der Waals surface area contributed by atoms with E-state index < -0.39 is 5.60 Å². The molecule has 1 saturated heterocycles. The predicted octanol–water partition coefficient (Wildman–Crippen LogP) is 4.36. The highest BCUT2D eigenvalue weighted by Crippen LogP contribution is 2.28. The standard InChI is InChI=1S/C14H16N2O.C9H17NO3/c1-10-8-14(15-2)13(9-16-10)11-4-6-12(17-3)7-5-11;1-9(2,3)13-8(11)10-4-6-12-7-5-10/h4-9H,1-3H3,(H,15,16);4-7H2,1-3H3. The number of aryl methyl sites for hydroxylation is 1. The van der Waals surface area contributed by atoms with Crippen LogP contribution < -0.4 is 10.1 Å². The Kier molecular flexibility index (Phi) is 8.47. The molecular formula is C23H33N3O4. The number of anilines is 1. The Morgan fingerprint density at radius 1 is 1.17 bits per heavy atom. The molecule has 1 aliphatic rings. The van der Waals surface area contributed by atoms with Gasteiger partial charge in [0.2, 0.25) is 0 Å². The van der Waals surface area contributed by atoms with Gasteiger partial charge in [0.05, 0.1) is 20.3 Å². The van der Waals surface area contributed by atoms with Gasteiger partial charge in [-0.15, -0.1) is 0 Å². The van der Waals surface area contributed by atoms with Crippen LogP contribution in [0.1, 0.15) is 26.5 Å². The summed E-state index contributed by atoms with van der Waals surface area (Å²) in [5.74, 6) is 0.861. The van der Waals surface area contributed by atoms with E-state index in [9.17, 15) is 4.79 Å². The van der Waals surface area contributed by atoms with Crippen molar-refractivity contribution >= 4 is 11.8 Å². The number of benzene rings is 1. The zero-order chi connectivity index (χ0) is 22.1. The van der Waals surface area contributed by atoms with Gasteiger partial charge in [-0.2, -0.15) is 0 Å². The van der Waals surface area contributed by atoms with Crippen molar-refractivity contribution in [1.82, 2.24) is 9.88 Å². The number of ether oxygens (including phenoxy) is 3. The average molecular weight is 416 g/mol. The van der Waals surface area contributed by atoms with E-state index in [4.69, 9.17) is 14.2 Å². The number of amides is 1. The summed E-state index contributed by atoms with van der Waals surface area (Å²) in [5.41, 5.74) is 3.91. The van der Waals surface area contributed by atoms with Gasteiger partial charge in [0.25, 0.3) is 0 Å². The predicted molar refractivity (Wildman–Crippen MR) is 119 cm³/mol. The Morgan fingerprint density at radius 2 is 1.80 bits per heavy atom. The molecule has 1 amide bonds. The van der Waals surface area contributed by atoms with Crippen LogP contribution in [-0.2, 0) is 9.47 Å². The van der Waals surface area contributed by atoms with Gasteiger partial charge in [-0.3, -0.25) is 4.98 Å². The van der Waals surface area contributed by atoms with Crippen LogP contribution >= 0.6 is 0 Å². The molecule has 1 N–H and O–H groups in total.